The quantitative estimate of drug-likeness (QED) is 0.579. The molecule has 0 atom stereocenters. The third-order valence-electron chi connectivity index (χ3n) is 3.23. The Labute approximate surface area is 122 Å². The largest absolute Gasteiger partial charge is 0.422 e. The van der Waals surface area contributed by atoms with Crippen LogP contribution in [0.4, 0.5) is 0 Å². The monoisotopic (exact) mass is 277 g/mol. The number of hydrogen-bond acceptors (Lipinski definition) is 2. The summed E-state index contributed by atoms with van der Waals surface area (Å²) in [5.41, 5.74) is 0.918. The van der Waals surface area contributed by atoms with Gasteiger partial charge in [0.15, 0.2) is 5.75 Å². The van der Waals surface area contributed by atoms with Crippen LogP contribution in [0.1, 0.15) is 66.0 Å². The molecule has 1 aromatic carbocycles. The standard InChI is InChI=1S/C17H25O3/c1-8-13(18)20-15-12(17(5,6)7)10-9-11(14(15)19)16(2,3)4/h9-10H,8H2,1-7H3. The normalized spacial score (nSPS) is 12.3. The predicted octanol–water partition coefficient (Wildman–Crippen LogP) is 4.74. The Hall–Kier alpha value is -1.51. The Morgan fingerprint density at radius 1 is 1.00 bits per heavy atom. The molecule has 0 fully saturated rings. The first-order valence-electron chi connectivity index (χ1n) is 7.04. The van der Waals surface area contributed by atoms with Crippen molar-refractivity contribution in [2.45, 2.75) is 65.7 Å². The zero-order valence-corrected chi connectivity index (χ0v) is 13.6. The molecule has 0 spiro atoms. The second-order valence-corrected chi connectivity index (χ2v) is 7.15. The third kappa shape index (κ3) is 3.53. The maximum Gasteiger partial charge on any atom is 0.311 e. The van der Waals surface area contributed by atoms with Gasteiger partial charge in [-0.3, -0.25) is 9.90 Å². The molecule has 111 valence electrons. The van der Waals surface area contributed by atoms with Crippen LogP contribution in [-0.4, -0.2) is 5.97 Å². The van der Waals surface area contributed by atoms with E-state index in [-0.39, 0.29) is 34.7 Å². The smallest absolute Gasteiger partial charge is 0.311 e. The van der Waals surface area contributed by atoms with Crippen LogP contribution in [0.5, 0.6) is 11.5 Å². The molecule has 1 rings (SSSR count). The second kappa shape index (κ2) is 5.47. The average Bonchev–Trinajstić information content (AvgIpc) is 2.28. The summed E-state index contributed by atoms with van der Waals surface area (Å²) < 4.78 is 5.34. The maximum atomic E-state index is 12.7. The highest BCUT2D eigenvalue weighted by Gasteiger charge is 2.29. The van der Waals surface area contributed by atoms with Gasteiger partial charge in [-0.25, -0.2) is 0 Å². The fraction of sp³-hybridized carbons (Fsp3) is 0.588. The molecule has 0 amide bonds. The van der Waals surface area contributed by atoms with Gasteiger partial charge in [-0.2, -0.15) is 0 Å². The molecule has 0 saturated heterocycles. The van der Waals surface area contributed by atoms with E-state index in [4.69, 9.17) is 4.74 Å². The molecule has 0 N–H and O–H groups in total. The molecule has 1 aromatic rings. The Kier molecular flexibility index (Phi) is 4.52. The number of esters is 1. The molecular formula is C17H25O3. The molecule has 3 nitrogen and oxygen atoms in total. The van der Waals surface area contributed by atoms with Crippen molar-refractivity contribution in [1.82, 2.24) is 0 Å². The van der Waals surface area contributed by atoms with Crippen molar-refractivity contribution in [3.05, 3.63) is 23.3 Å². The lowest BCUT2D eigenvalue weighted by molar-refractivity contribution is -0.134. The van der Waals surface area contributed by atoms with E-state index in [1.165, 1.54) is 0 Å². The van der Waals surface area contributed by atoms with Gasteiger partial charge in [0.1, 0.15) is 0 Å². The first-order chi connectivity index (χ1) is 8.98. The number of ether oxygens (including phenoxy) is 1. The minimum absolute atomic E-state index is 0.174. The van der Waals surface area contributed by atoms with Crippen molar-refractivity contribution in [3.63, 3.8) is 0 Å². The van der Waals surface area contributed by atoms with Crippen molar-refractivity contribution in [1.29, 1.82) is 0 Å². The molecule has 0 aliphatic heterocycles. The lowest BCUT2D eigenvalue weighted by atomic mass is 9.81. The van der Waals surface area contributed by atoms with Crippen LogP contribution >= 0.6 is 0 Å². The zero-order chi connectivity index (χ0) is 15.7. The highest BCUT2D eigenvalue weighted by Crippen LogP contribution is 2.44. The van der Waals surface area contributed by atoms with Crippen molar-refractivity contribution in [2.24, 2.45) is 0 Å². The van der Waals surface area contributed by atoms with Crippen LogP contribution < -0.4 is 4.74 Å². The molecule has 0 saturated carbocycles. The summed E-state index contributed by atoms with van der Waals surface area (Å²) in [5, 5.41) is 12.7. The first-order valence-corrected chi connectivity index (χ1v) is 7.04. The summed E-state index contributed by atoms with van der Waals surface area (Å²) in [6.45, 7) is 13.7. The van der Waals surface area contributed by atoms with Crippen molar-refractivity contribution >= 4 is 5.97 Å². The minimum atomic E-state index is -0.376. The molecule has 1 radical (unpaired) electrons. The van der Waals surface area contributed by atoms with E-state index in [1.54, 1.807) is 6.92 Å². The molecule has 0 bridgehead atoms. The van der Waals surface area contributed by atoms with Crippen molar-refractivity contribution < 1.29 is 14.6 Å². The van der Waals surface area contributed by atoms with Gasteiger partial charge in [-0.15, -0.1) is 0 Å². The minimum Gasteiger partial charge on any atom is -0.422 e. The molecular weight excluding hydrogens is 252 g/mol. The Balaban J connectivity index is 3.50. The van der Waals surface area contributed by atoms with Crippen LogP contribution in [-0.2, 0) is 20.7 Å². The number of carbonyl (C=O) groups is 1. The van der Waals surface area contributed by atoms with Gasteiger partial charge in [0.2, 0.25) is 5.75 Å². The summed E-state index contributed by atoms with van der Waals surface area (Å²) in [5.74, 6) is -0.359. The first kappa shape index (κ1) is 16.5. The van der Waals surface area contributed by atoms with E-state index in [2.05, 4.69) is 0 Å². The van der Waals surface area contributed by atoms with Crippen LogP contribution in [0, 0.1) is 0 Å². The van der Waals surface area contributed by atoms with Crippen LogP contribution in [0.15, 0.2) is 12.1 Å². The predicted molar refractivity (Wildman–Crippen MR) is 79.9 cm³/mol. The fourth-order valence-electron chi connectivity index (χ4n) is 2.03. The Bertz CT molecular complexity index is 502. The molecule has 0 aliphatic rings. The SMILES string of the molecule is CCC(=O)Oc1c(C(C)(C)C)ccc(C(C)(C)C)c1[O]. The summed E-state index contributed by atoms with van der Waals surface area (Å²) in [6.07, 6.45) is 0.253. The van der Waals surface area contributed by atoms with Gasteiger partial charge in [0.25, 0.3) is 0 Å². The number of benzene rings is 1. The highest BCUT2D eigenvalue weighted by molar-refractivity contribution is 5.74. The Morgan fingerprint density at radius 3 is 1.85 bits per heavy atom. The molecule has 0 unspecified atom stereocenters. The number of hydrogen-bond donors (Lipinski definition) is 0. The number of rotatable bonds is 2. The summed E-state index contributed by atoms with van der Waals surface area (Å²) in [7, 11) is 0. The van der Waals surface area contributed by atoms with Gasteiger partial charge in [-0.05, 0) is 10.8 Å². The van der Waals surface area contributed by atoms with E-state index in [9.17, 15) is 9.90 Å². The maximum absolute atomic E-state index is 12.7. The molecule has 0 aliphatic carbocycles. The van der Waals surface area contributed by atoms with E-state index in [0.29, 0.717) is 5.56 Å². The van der Waals surface area contributed by atoms with Gasteiger partial charge in [-0.1, -0.05) is 60.6 Å². The second-order valence-electron chi connectivity index (χ2n) is 7.15. The summed E-state index contributed by atoms with van der Waals surface area (Å²) in [4.78, 5) is 11.6. The van der Waals surface area contributed by atoms with E-state index in [1.807, 2.05) is 53.7 Å². The molecule has 0 aromatic heterocycles. The van der Waals surface area contributed by atoms with Crippen LogP contribution in [0.3, 0.4) is 0 Å². The van der Waals surface area contributed by atoms with Crippen molar-refractivity contribution in [2.75, 3.05) is 0 Å². The molecule has 20 heavy (non-hydrogen) atoms. The van der Waals surface area contributed by atoms with Gasteiger partial charge >= 0.3 is 5.97 Å². The van der Waals surface area contributed by atoms with E-state index < -0.39 is 0 Å². The lowest BCUT2D eigenvalue weighted by Gasteiger charge is -2.26. The summed E-state index contributed by atoms with van der Waals surface area (Å²) >= 11 is 0. The Morgan fingerprint density at radius 2 is 1.45 bits per heavy atom. The zero-order valence-electron chi connectivity index (χ0n) is 13.6. The summed E-state index contributed by atoms with van der Waals surface area (Å²) in [6, 6.07) is 3.76. The number of carbonyl (C=O) groups excluding carboxylic acids is 1. The lowest BCUT2D eigenvalue weighted by Crippen LogP contribution is -2.18. The van der Waals surface area contributed by atoms with Crippen molar-refractivity contribution in [3.8, 4) is 11.5 Å². The molecule has 3 heteroatoms. The van der Waals surface area contributed by atoms with Gasteiger partial charge < -0.3 is 4.74 Å². The fourth-order valence-corrected chi connectivity index (χ4v) is 2.03. The third-order valence-corrected chi connectivity index (χ3v) is 3.23. The average molecular weight is 277 g/mol. The van der Waals surface area contributed by atoms with E-state index >= 15 is 0 Å². The highest BCUT2D eigenvalue weighted by atomic mass is 16.5. The molecule has 0 heterocycles. The van der Waals surface area contributed by atoms with Gasteiger partial charge in [0.05, 0.1) is 0 Å². The van der Waals surface area contributed by atoms with Gasteiger partial charge in [0, 0.05) is 17.5 Å². The topological polar surface area (TPSA) is 46.2 Å². The van der Waals surface area contributed by atoms with E-state index in [0.717, 1.165) is 5.56 Å². The van der Waals surface area contributed by atoms with Crippen LogP contribution in [0.2, 0.25) is 0 Å². The van der Waals surface area contributed by atoms with Crippen LogP contribution in [0.25, 0.3) is 0 Å².